The van der Waals surface area contributed by atoms with Crippen LogP contribution in [0.1, 0.15) is 25.0 Å². The molecule has 19 heavy (non-hydrogen) atoms. The Morgan fingerprint density at radius 2 is 1.37 bits per heavy atom. The molecule has 0 amide bonds. The summed E-state index contributed by atoms with van der Waals surface area (Å²) in [5.74, 6) is 0. The first kappa shape index (κ1) is 13.8. The Balaban J connectivity index is 2.39. The summed E-state index contributed by atoms with van der Waals surface area (Å²) in [7, 11) is 0. The van der Waals surface area contributed by atoms with E-state index in [2.05, 4.69) is 24.3 Å². The van der Waals surface area contributed by atoms with Crippen LogP contribution in [0, 0.1) is 0 Å². The molecule has 2 nitrogen and oxygen atoms in total. The Hall–Kier alpha value is -1.64. The van der Waals surface area contributed by atoms with E-state index in [-0.39, 0.29) is 0 Å². The van der Waals surface area contributed by atoms with Gasteiger partial charge in [-0.1, -0.05) is 60.7 Å². The average Bonchev–Trinajstić information content (AvgIpc) is 2.46. The smallest absolute Gasteiger partial charge is 0.115 e. The van der Waals surface area contributed by atoms with Crippen molar-refractivity contribution in [3.8, 4) is 0 Å². The SMILES string of the molecule is CC(O)COC(C)(c1ccccc1)c1ccccc1. The Labute approximate surface area is 114 Å². The highest BCUT2D eigenvalue weighted by Crippen LogP contribution is 2.33. The van der Waals surface area contributed by atoms with Crippen molar-refractivity contribution in [1.82, 2.24) is 0 Å². The minimum Gasteiger partial charge on any atom is -0.391 e. The second-order valence-electron chi connectivity index (χ2n) is 4.93. The van der Waals surface area contributed by atoms with E-state index in [1.165, 1.54) is 0 Å². The van der Waals surface area contributed by atoms with Gasteiger partial charge in [-0.15, -0.1) is 0 Å². The van der Waals surface area contributed by atoms with Gasteiger partial charge in [0.25, 0.3) is 0 Å². The molecule has 0 aliphatic carbocycles. The van der Waals surface area contributed by atoms with Gasteiger partial charge >= 0.3 is 0 Å². The van der Waals surface area contributed by atoms with Crippen LogP contribution in [0.3, 0.4) is 0 Å². The Bertz CT molecular complexity index is 452. The summed E-state index contributed by atoms with van der Waals surface area (Å²) in [5, 5.41) is 9.48. The van der Waals surface area contributed by atoms with Gasteiger partial charge in [-0.05, 0) is 25.0 Å². The third kappa shape index (κ3) is 3.22. The number of benzene rings is 2. The molecule has 0 radical (unpaired) electrons. The van der Waals surface area contributed by atoms with Crippen LogP contribution in [-0.2, 0) is 10.3 Å². The fraction of sp³-hybridized carbons (Fsp3) is 0.294. The van der Waals surface area contributed by atoms with Gasteiger partial charge in [-0.25, -0.2) is 0 Å². The predicted molar refractivity (Wildman–Crippen MR) is 77.0 cm³/mol. The summed E-state index contributed by atoms with van der Waals surface area (Å²) in [4.78, 5) is 0. The molecule has 0 aliphatic rings. The standard InChI is InChI=1S/C17H20O2/c1-14(18)13-19-17(2,15-9-5-3-6-10-15)16-11-7-4-8-12-16/h3-12,14,18H,13H2,1-2H3. The highest BCUT2D eigenvalue weighted by molar-refractivity contribution is 5.35. The zero-order chi connectivity index (χ0) is 13.7. The van der Waals surface area contributed by atoms with E-state index in [1.807, 2.05) is 43.3 Å². The Morgan fingerprint density at radius 3 is 1.74 bits per heavy atom. The van der Waals surface area contributed by atoms with Gasteiger partial charge in [0.2, 0.25) is 0 Å². The molecule has 0 bridgehead atoms. The van der Waals surface area contributed by atoms with Crippen molar-refractivity contribution in [3.63, 3.8) is 0 Å². The first-order chi connectivity index (χ1) is 9.13. The quantitative estimate of drug-likeness (QED) is 0.889. The molecule has 0 aromatic heterocycles. The van der Waals surface area contributed by atoms with Crippen molar-refractivity contribution in [2.45, 2.75) is 25.6 Å². The first-order valence-corrected chi connectivity index (χ1v) is 6.56. The van der Waals surface area contributed by atoms with Crippen molar-refractivity contribution in [2.24, 2.45) is 0 Å². The van der Waals surface area contributed by atoms with E-state index in [9.17, 15) is 5.11 Å². The van der Waals surface area contributed by atoms with E-state index in [1.54, 1.807) is 6.92 Å². The van der Waals surface area contributed by atoms with Gasteiger partial charge in [0.05, 0.1) is 12.7 Å². The zero-order valence-corrected chi connectivity index (χ0v) is 11.4. The fourth-order valence-corrected chi connectivity index (χ4v) is 2.13. The van der Waals surface area contributed by atoms with Gasteiger partial charge in [0.15, 0.2) is 0 Å². The van der Waals surface area contributed by atoms with Gasteiger partial charge in [0, 0.05) is 0 Å². The average molecular weight is 256 g/mol. The van der Waals surface area contributed by atoms with E-state index in [4.69, 9.17) is 4.74 Å². The minimum atomic E-state index is -0.542. The van der Waals surface area contributed by atoms with Crippen LogP contribution < -0.4 is 0 Å². The summed E-state index contributed by atoms with van der Waals surface area (Å²) >= 11 is 0. The maximum Gasteiger partial charge on any atom is 0.115 e. The van der Waals surface area contributed by atoms with Crippen molar-refractivity contribution < 1.29 is 9.84 Å². The molecule has 2 rings (SSSR count). The van der Waals surface area contributed by atoms with E-state index in [0.29, 0.717) is 6.61 Å². The molecule has 2 heteroatoms. The normalized spacial score (nSPS) is 13.2. The second kappa shape index (κ2) is 6.00. The summed E-state index contributed by atoms with van der Waals surface area (Å²) in [6.07, 6.45) is -0.480. The number of hydrogen-bond donors (Lipinski definition) is 1. The Kier molecular flexibility index (Phi) is 4.35. The zero-order valence-electron chi connectivity index (χ0n) is 11.4. The largest absolute Gasteiger partial charge is 0.391 e. The predicted octanol–water partition coefficient (Wildman–Crippen LogP) is 3.35. The fourth-order valence-electron chi connectivity index (χ4n) is 2.13. The van der Waals surface area contributed by atoms with Gasteiger partial charge in [0.1, 0.15) is 5.60 Å². The molecule has 1 unspecified atom stereocenters. The summed E-state index contributed by atoms with van der Waals surface area (Å²) in [6, 6.07) is 20.2. The molecule has 1 N–H and O–H groups in total. The second-order valence-corrected chi connectivity index (χ2v) is 4.93. The van der Waals surface area contributed by atoms with Crippen LogP contribution in [-0.4, -0.2) is 17.8 Å². The van der Waals surface area contributed by atoms with Crippen LogP contribution in [0.5, 0.6) is 0 Å². The molecule has 1 atom stereocenters. The molecule has 0 spiro atoms. The monoisotopic (exact) mass is 256 g/mol. The van der Waals surface area contributed by atoms with Gasteiger partial charge < -0.3 is 9.84 Å². The van der Waals surface area contributed by atoms with Crippen LogP contribution >= 0.6 is 0 Å². The lowest BCUT2D eigenvalue weighted by molar-refractivity contribution is -0.0451. The Morgan fingerprint density at radius 1 is 0.947 bits per heavy atom. The molecular formula is C17H20O2. The molecular weight excluding hydrogens is 236 g/mol. The van der Waals surface area contributed by atoms with Crippen molar-refractivity contribution in [2.75, 3.05) is 6.61 Å². The highest BCUT2D eigenvalue weighted by Gasteiger charge is 2.29. The van der Waals surface area contributed by atoms with Crippen molar-refractivity contribution in [3.05, 3.63) is 71.8 Å². The van der Waals surface area contributed by atoms with Gasteiger partial charge in [-0.2, -0.15) is 0 Å². The van der Waals surface area contributed by atoms with Crippen LogP contribution in [0.25, 0.3) is 0 Å². The molecule has 0 saturated carbocycles. The molecule has 100 valence electrons. The first-order valence-electron chi connectivity index (χ1n) is 6.56. The summed E-state index contributed by atoms with van der Waals surface area (Å²) in [6.45, 7) is 4.08. The van der Waals surface area contributed by atoms with Crippen molar-refractivity contribution in [1.29, 1.82) is 0 Å². The van der Waals surface area contributed by atoms with Crippen LogP contribution in [0.2, 0.25) is 0 Å². The summed E-state index contributed by atoms with van der Waals surface area (Å²) < 4.78 is 6.01. The highest BCUT2D eigenvalue weighted by atomic mass is 16.5. The molecule has 2 aromatic rings. The van der Waals surface area contributed by atoms with Crippen LogP contribution in [0.4, 0.5) is 0 Å². The topological polar surface area (TPSA) is 29.5 Å². The van der Waals surface area contributed by atoms with Crippen LogP contribution in [0.15, 0.2) is 60.7 Å². The lowest BCUT2D eigenvalue weighted by Crippen LogP contribution is -2.30. The molecule has 2 aromatic carbocycles. The lowest BCUT2D eigenvalue weighted by atomic mass is 9.88. The van der Waals surface area contributed by atoms with Crippen molar-refractivity contribution >= 4 is 0 Å². The maximum atomic E-state index is 9.48. The number of hydrogen-bond acceptors (Lipinski definition) is 2. The third-order valence-corrected chi connectivity index (χ3v) is 3.26. The van der Waals surface area contributed by atoms with E-state index < -0.39 is 11.7 Å². The third-order valence-electron chi connectivity index (χ3n) is 3.26. The summed E-state index contributed by atoms with van der Waals surface area (Å²) in [5.41, 5.74) is 1.63. The molecule has 0 fully saturated rings. The van der Waals surface area contributed by atoms with E-state index >= 15 is 0 Å². The minimum absolute atomic E-state index is 0.306. The molecule has 0 heterocycles. The van der Waals surface area contributed by atoms with E-state index in [0.717, 1.165) is 11.1 Å². The molecule has 0 saturated heterocycles. The number of aliphatic hydroxyl groups is 1. The molecule has 0 aliphatic heterocycles. The number of ether oxygens (including phenoxy) is 1. The lowest BCUT2D eigenvalue weighted by Gasteiger charge is -2.31. The number of aliphatic hydroxyl groups excluding tert-OH is 1. The maximum absolute atomic E-state index is 9.48. The van der Waals surface area contributed by atoms with Gasteiger partial charge in [-0.3, -0.25) is 0 Å². The number of rotatable bonds is 5.